The van der Waals surface area contributed by atoms with E-state index in [2.05, 4.69) is 10.3 Å². The van der Waals surface area contributed by atoms with Crippen LogP contribution >= 0.6 is 11.8 Å². The van der Waals surface area contributed by atoms with E-state index in [1.165, 1.54) is 30.1 Å². The van der Waals surface area contributed by atoms with Crippen LogP contribution in [0, 0.1) is 5.82 Å². The van der Waals surface area contributed by atoms with Gasteiger partial charge in [0.05, 0.1) is 26.5 Å². The van der Waals surface area contributed by atoms with Gasteiger partial charge in [-0.15, -0.1) is 0 Å². The minimum absolute atomic E-state index is 0.306. The van der Waals surface area contributed by atoms with Crippen molar-refractivity contribution in [2.75, 3.05) is 20.5 Å². The zero-order valence-electron chi connectivity index (χ0n) is 16.6. The van der Waals surface area contributed by atoms with Crippen molar-refractivity contribution in [2.24, 2.45) is 0 Å². The molecule has 0 saturated carbocycles. The summed E-state index contributed by atoms with van der Waals surface area (Å²) >= 11 is 1.40. The van der Waals surface area contributed by atoms with Gasteiger partial charge in [-0.3, -0.25) is 9.36 Å². The monoisotopic (exact) mass is 415 g/mol. The Morgan fingerprint density at radius 1 is 1.17 bits per heavy atom. The van der Waals surface area contributed by atoms with E-state index in [1.807, 2.05) is 19.2 Å². The SMILES string of the molecule is COc1ccc(OC)c(C(C)NC(=O)c2cnc(SC)n2-c2ccc(F)cc2)c1. The number of halogens is 1. The average Bonchev–Trinajstić information content (AvgIpc) is 3.18. The van der Waals surface area contributed by atoms with Crippen LogP contribution in [0.5, 0.6) is 11.5 Å². The van der Waals surface area contributed by atoms with Gasteiger partial charge in [-0.2, -0.15) is 0 Å². The Morgan fingerprint density at radius 2 is 1.90 bits per heavy atom. The Labute approximate surface area is 173 Å². The van der Waals surface area contributed by atoms with E-state index in [0.717, 1.165) is 5.56 Å². The number of carbonyl (C=O) groups is 1. The van der Waals surface area contributed by atoms with Crippen LogP contribution in [0.15, 0.2) is 53.8 Å². The van der Waals surface area contributed by atoms with Crippen molar-refractivity contribution >= 4 is 17.7 Å². The summed E-state index contributed by atoms with van der Waals surface area (Å²) in [5.74, 6) is 0.669. The number of methoxy groups -OCH3 is 2. The average molecular weight is 415 g/mol. The summed E-state index contributed by atoms with van der Waals surface area (Å²) < 4.78 is 25.7. The summed E-state index contributed by atoms with van der Waals surface area (Å²) in [5.41, 5.74) is 1.80. The fraction of sp³-hybridized carbons (Fsp3) is 0.238. The standard InChI is InChI=1S/C21H22FN3O3S/c1-13(17-11-16(27-2)9-10-19(17)28-3)24-20(26)18-12-23-21(29-4)25(18)15-7-5-14(22)6-8-15/h5-13H,1-4H3,(H,24,26). The van der Waals surface area contributed by atoms with Crippen molar-refractivity contribution in [3.8, 4) is 17.2 Å². The molecule has 0 saturated heterocycles. The van der Waals surface area contributed by atoms with Gasteiger partial charge < -0.3 is 14.8 Å². The Bertz CT molecular complexity index is 1000. The molecule has 29 heavy (non-hydrogen) atoms. The van der Waals surface area contributed by atoms with Gasteiger partial charge in [0.2, 0.25) is 0 Å². The van der Waals surface area contributed by atoms with Gasteiger partial charge in [-0.1, -0.05) is 11.8 Å². The summed E-state index contributed by atoms with van der Waals surface area (Å²) in [6.45, 7) is 1.86. The fourth-order valence-corrected chi connectivity index (χ4v) is 3.55. The maximum absolute atomic E-state index is 13.3. The highest BCUT2D eigenvalue weighted by atomic mass is 32.2. The number of nitrogens with one attached hydrogen (secondary N) is 1. The van der Waals surface area contributed by atoms with Crippen LogP contribution in [0.4, 0.5) is 4.39 Å². The summed E-state index contributed by atoms with van der Waals surface area (Å²) in [7, 11) is 3.16. The lowest BCUT2D eigenvalue weighted by Gasteiger charge is -2.19. The molecule has 1 unspecified atom stereocenters. The van der Waals surface area contributed by atoms with E-state index in [-0.39, 0.29) is 17.8 Å². The number of imidazole rings is 1. The summed E-state index contributed by atoms with van der Waals surface area (Å²) in [6.07, 6.45) is 3.38. The lowest BCUT2D eigenvalue weighted by Crippen LogP contribution is -2.28. The number of ether oxygens (including phenoxy) is 2. The van der Waals surface area contributed by atoms with Crippen LogP contribution in [-0.2, 0) is 0 Å². The van der Waals surface area contributed by atoms with E-state index < -0.39 is 0 Å². The topological polar surface area (TPSA) is 65.4 Å². The summed E-state index contributed by atoms with van der Waals surface area (Å²) in [6, 6.07) is 11.0. The number of hydrogen-bond donors (Lipinski definition) is 1. The number of aromatic nitrogens is 2. The van der Waals surface area contributed by atoms with Crippen molar-refractivity contribution in [1.82, 2.24) is 14.9 Å². The van der Waals surface area contributed by atoms with Crippen molar-refractivity contribution < 1.29 is 18.7 Å². The minimum atomic E-state index is -0.346. The highest BCUT2D eigenvalue weighted by molar-refractivity contribution is 7.98. The molecule has 1 N–H and O–H groups in total. The molecule has 0 aliphatic heterocycles. The number of thioether (sulfide) groups is 1. The molecule has 0 fully saturated rings. The van der Waals surface area contributed by atoms with E-state index in [9.17, 15) is 9.18 Å². The molecular weight excluding hydrogens is 393 g/mol. The first-order chi connectivity index (χ1) is 14.0. The maximum Gasteiger partial charge on any atom is 0.270 e. The molecule has 1 amide bonds. The number of carbonyl (C=O) groups excluding carboxylic acids is 1. The Balaban J connectivity index is 1.92. The largest absolute Gasteiger partial charge is 0.497 e. The van der Waals surface area contributed by atoms with E-state index >= 15 is 0 Å². The zero-order chi connectivity index (χ0) is 21.0. The van der Waals surface area contributed by atoms with Crippen molar-refractivity contribution in [3.63, 3.8) is 0 Å². The number of rotatable bonds is 7. The fourth-order valence-electron chi connectivity index (χ4n) is 3.00. The first kappa shape index (κ1) is 20.7. The number of hydrogen-bond acceptors (Lipinski definition) is 5. The highest BCUT2D eigenvalue weighted by Gasteiger charge is 2.21. The Hall–Kier alpha value is -3.00. The van der Waals surface area contributed by atoms with Crippen LogP contribution in [0.25, 0.3) is 5.69 Å². The predicted molar refractivity (Wildman–Crippen MR) is 111 cm³/mol. The third-order valence-corrected chi connectivity index (χ3v) is 5.13. The zero-order valence-corrected chi connectivity index (χ0v) is 17.4. The Kier molecular flexibility index (Phi) is 6.43. The van der Waals surface area contributed by atoms with Gasteiger partial charge >= 0.3 is 0 Å². The maximum atomic E-state index is 13.3. The molecular formula is C21H22FN3O3S. The van der Waals surface area contributed by atoms with Gasteiger partial charge in [0, 0.05) is 11.3 Å². The minimum Gasteiger partial charge on any atom is -0.497 e. The first-order valence-corrected chi connectivity index (χ1v) is 10.1. The molecule has 0 bridgehead atoms. The highest BCUT2D eigenvalue weighted by Crippen LogP contribution is 2.30. The second-order valence-electron chi connectivity index (χ2n) is 6.24. The second kappa shape index (κ2) is 9.00. The predicted octanol–water partition coefficient (Wildman–Crippen LogP) is 4.24. The number of amides is 1. The molecule has 1 aromatic heterocycles. The first-order valence-electron chi connectivity index (χ1n) is 8.89. The van der Waals surface area contributed by atoms with Crippen molar-refractivity contribution in [1.29, 1.82) is 0 Å². The summed E-state index contributed by atoms with van der Waals surface area (Å²) in [4.78, 5) is 17.4. The normalized spacial score (nSPS) is 11.8. The Morgan fingerprint density at radius 3 is 2.52 bits per heavy atom. The molecule has 0 aliphatic rings. The molecule has 0 aliphatic carbocycles. The van der Waals surface area contributed by atoms with Crippen molar-refractivity contribution in [3.05, 3.63) is 65.7 Å². The van der Waals surface area contributed by atoms with Gasteiger partial charge in [0.25, 0.3) is 5.91 Å². The van der Waals surface area contributed by atoms with Gasteiger partial charge in [0.15, 0.2) is 5.16 Å². The molecule has 0 radical (unpaired) electrons. The van der Waals surface area contributed by atoms with Gasteiger partial charge in [0.1, 0.15) is 23.0 Å². The number of nitrogens with zero attached hydrogens (tertiary/aromatic N) is 2. The molecule has 0 spiro atoms. The third-order valence-electron chi connectivity index (χ3n) is 4.48. The lowest BCUT2D eigenvalue weighted by molar-refractivity contribution is 0.0932. The van der Waals surface area contributed by atoms with E-state index in [4.69, 9.17) is 9.47 Å². The molecule has 8 heteroatoms. The third kappa shape index (κ3) is 4.37. The van der Waals surface area contributed by atoms with Crippen LogP contribution < -0.4 is 14.8 Å². The van der Waals surface area contributed by atoms with Gasteiger partial charge in [-0.25, -0.2) is 9.37 Å². The van der Waals surface area contributed by atoms with E-state index in [0.29, 0.717) is 28.0 Å². The molecule has 2 aromatic carbocycles. The van der Waals surface area contributed by atoms with Gasteiger partial charge in [-0.05, 0) is 55.6 Å². The molecule has 3 rings (SSSR count). The smallest absolute Gasteiger partial charge is 0.270 e. The quantitative estimate of drug-likeness (QED) is 0.585. The van der Waals surface area contributed by atoms with Crippen LogP contribution in [-0.4, -0.2) is 35.9 Å². The molecule has 6 nitrogen and oxygen atoms in total. The second-order valence-corrected chi connectivity index (χ2v) is 7.02. The number of benzene rings is 2. The lowest BCUT2D eigenvalue weighted by atomic mass is 10.1. The molecule has 152 valence electrons. The van der Waals surface area contributed by atoms with E-state index in [1.54, 1.807) is 43.1 Å². The van der Waals surface area contributed by atoms with Crippen molar-refractivity contribution in [2.45, 2.75) is 18.1 Å². The summed E-state index contributed by atoms with van der Waals surface area (Å²) in [5, 5.41) is 3.61. The van der Waals surface area contributed by atoms with Crippen LogP contribution in [0.2, 0.25) is 0 Å². The molecule has 3 aromatic rings. The van der Waals surface area contributed by atoms with Crippen LogP contribution in [0.3, 0.4) is 0 Å². The molecule has 1 atom stereocenters. The van der Waals surface area contributed by atoms with Crippen LogP contribution in [0.1, 0.15) is 29.0 Å². The molecule has 1 heterocycles.